The van der Waals surface area contributed by atoms with Gasteiger partial charge in [-0.3, -0.25) is 4.90 Å². The molecule has 3 heterocycles. The summed E-state index contributed by atoms with van der Waals surface area (Å²) in [6.45, 7) is 4.28. The van der Waals surface area contributed by atoms with Gasteiger partial charge in [0.2, 0.25) is 0 Å². The molecule has 1 N–H and O–H groups in total. The van der Waals surface area contributed by atoms with Crippen LogP contribution in [-0.2, 0) is 19.5 Å². The molecule has 5 heteroatoms. The lowest BCUT2D eigenvalue weighted by atomic mass is 10.1. The Kier molecular flexibility index (Phi) is 3.16. The zero-order valence-corrected chi connectivity index (χ0v) is 11.5. The number of nitrogens with zero attached hydrogens (tertiary/aromatic N) is 1. The molecule has 0 amide bonds. The molecular formula is C14H15NO3S. The lowest BCUT2D eigenvalue weighted by molar-refractivity contribution is 0.0695. The SMILES string of the molecule is Cc1oc(CN2CCc3sccc3C2)cc1C(=O)O. The summed E-state index contributed by atoms with van der Waals surface area (Å²) in [5, 5.41) is 11.1. The summed E-state index contributed by atoms with van der Waals surface area (Å²) in [4.78, 5) is 14.7. The smallest absolute Gasteiger partial charge is 0.339 e. The van der Waals surface area contributed by atoms with E-state index in [1.807, 2.05) is 11.3 Å². The van der Waals surface area contributed by atoms with E-state index in [2.05, 4.69) is 16.3 Å². The van der Waals surface area contributed by atoms with Gasteiger partial charge < -0.3 is 9.52 Å². The first-order chi connectivity index (χ1) is 9.13. The highest BCUT2D eigenvalue weighted by Gasteiger charge is 2.20. The standard InChI is InChI=1S/C14H15NO3S/c1-9-12(14(16)17)6-11(18-9)8-15-4-2-13-10(7-15)3-5-19-13/h3,5-6H,2,4,7-8H2,1H3,(H,16,17). The van der Waals surface area contributed by atoms with Crippen molar-refractivity contribution >= 4 is 17.3 Å². The second kappa shape index (κ2) is 4.83. The number of hydrogen-bond acceptors (Lipinski definition) is 4. The highest BCUT2D eigenvalue weighted by molar-refractivity contribution is 7.10. The van der Waals surface area contributed by atoms with Crippen LogP contribution in [0.2, 0.25) is 0 Å². The van der Waals surface area contributed by atoms with E-state index in [0.717, 1.165) is 25.3 Å². The summed E-state index contributed by atoms with van der Waals surface area (Å²) in [6.07, 6.45) is 1.07. The van der Waals surface area contributed by atoms with Crippen molar-refractivity contribution in [2.45, 2.75) is 26.4 Å². The van der Waals surface area contributed by atoms with Crippen molar-refractivity contribution in [3.63, 3.8) is 0 Å². The zero-order valence-electron chi connectivity index (χ0n) is 10.7. The van der Waals surface area contributed by atoms with Gasteiger partial charge in [0.05, 0.1) is 6.54 Å². The minimum Gasteiger partial charge on any atom is -0.478 e. The molecule has 1 aliphatic rings. The third kappa shape index (κ3) is 2.43. The molecule has 3 rings (SSSR count). The first-order valence-electron chi connectivity index (χ1n) is 6.23. The number of carboxylic acid groups (broad SMARTS) is 1. The molecule has 0 radical (unpaired) electrons. The molecule has 1 aliphatic heterocycles. The minimum absolute atomic E-state index is 0.267. The Hall–Kier alpha value is -1.59. The maximum atomic E-state index is 11.0. The van der Waals surface area contributed by atoms with E-state index in [-0.39, 0.29) is 5.56 Å². The Morgan fingerprint density at radius 2 is 2.42 bits per heavy atom. The molecule has 0 aromatic carbocycles. The normalized spacial score (nSPS) is 15.4. The highest BCUT2D eigenvalue weighted by Crippen LogP contribution is 2.25. The van der Waals surface area contributed by atoms with Crippen LogP contribution < -0.4 is 0 Å². The Bertz CT molecular complexity index is 614. The van der Waals surface area contributed by atoms with E-state index < -0.39 is 5.97 Å². The Balaban J connectivity index is 1.73. The highest BCUT2D eigenvalue weighted by atomic mass is 32.1. The molecule has 0 atom stereocenters. The summed E-state index contributed by atoms with van der Waals surface area (Å²) >= 11 is 1.82. The van der Waals surface area contributed by atoms with Crippen LogP contribution in [0.15, 0.2) is 21.9 Å². The molecular weight excluding hydrogens is 262 g/mol. The largest absolute Gasteiger partial charge is 0.478 e. The molecule has 19 heavy (non-hydrogen) atoms. The maximum absolute atomic E-state index is 11.0. The average Bonchev–Trinajstić information content (AvgIpc) is 2.95. The van der Waals surface area contributed by atoms with Crippen LogP contribution in [0.3, 0.4) is 0 Å². The topological polar surface area (TPSA) is 53.7 Å². The van der Waals surface area contributed by atoms with Gasteiger partial charge in [0, 0.05) is 18.0 Å². The van der Waals surface area contributed by atoms with E-state index in [0.29, 0.717) is 12.3 Å². The molecule has 2 aromatic rings. The van der Waals surface area contributed by atoms with Gasteiger partial charge >= 0.3 is 5.97 Å². The minimum atomic E-state index is -0.925. The number of furan rings is 1. The summed E-state index contributed by atoms with van der Waals surface area (Å²) in [5.41, 5.74) is 1.65. The number of hydrogen-bond donors (Lipinski definition) is 1. The van der Waals surface area contributed by atoms with E-state index in [9.17, 15) is 4.79 Å². The summed E-state index contributed by atoms with van der Waals surface area (Å²) < 4.78 is 5.53. The third-order valence-corrected chi connectivity index (χ3v) is 4.49. The van der Waals surface area contributed by atoms with Gasteiger partial charge in [0.25, 0.3) is 0 Å². The van der Waals surface area contributed by atoms with Crippen LogP contribution in [0.4, 0.5) is 0 Å². The number of aromatic carboxylic acids is 1. The van der Waals surface area contributed by atoms with Gasteiger partial charge in [0.15, 0.2) is 0 Å². The second-order valence-electron chi connectivity index (χ2n) is 4.82. The fraction of sp³-hybridized carbons (Fsp3) is 0.357. The van der Waals surface area contributed by atoms with Crippen LogP contribution in [0.25, 0.3) is 0 Å². The van der Waals surface area contributed by atoms with Gasteiger partial charge in [-0.1, -0.05) is 0 Å². The van der Waals surface area contributed by atoms with Crippen LogP contribution in [0.5, 0.6) is 0 Å². The van der Waals surface area contributed by atoms with Crippen molar-refractivity contribution in [3.8, 4) is 0 Å². The molecule has 0 unspecified atom stereocenters. The van der Waals surface area contributed by atoms with E-state index in [4.69, 9.17) is 9.52 Å². The lowest BCUT2D eigenvalue weighted by Crippen LogP contribution is -2.28. The predicted molar refractivity (Wildman–Crippen MR) is 72.5 cm³/mol. The third-order valence-electron chi connectivity index (χ3n) is 3.47. The van der Waals surface area contributed by atoms with Crippen molar-refractivity contribution < 1.29 is 14.3 Å². The van der Waals surface area contributed by atoms with Gasteiger partial charge in [-0.15, -0.1) is 11.3 Å². The quantitative estimate of drug-likeness (QED) is 0.937. The molecule has 100 valence electrons. The number of carbonyl (C=O) groups is 1. The second-order valence-corrected chi connectivity index (χ2v) is 5.82. The fourth-order valence-corrected chi connectivity index (χ4v) is 3.39. The monoisotopic (exact) mass is 277 g/mol. The number of thiophene rings is 1. The van der Waals surface area contributed by atoms with Crippen molar-refractivity contribution in [1.29, 1.82) is 0 Å². The first-order valence-corrected chi connectivity index (χ1v) is 7.11. The summed E-state index contributed by atoms with van der Waals surface area (Å²) in [5.74, 6) is 0.288. The Labute approximate surface area is 115 Å². The van der Waals surface area contributed by atoms with Crippen molar-refractivity contribution in [3.05, 3.63) is 45.0 Å². The van der Waals surface area contributed by atoms with Crippen molar-refractivity contribution in [2.75, 3.05) is 6.54 Å². The molecule has 0 bridgehead atoms. The van der Waals surface area contributed by atoms with Gasteiger partial charge in [-0.25, -0.2) is 4.79 Å². The maximum Gasteiger partial charge on any atom is 0.339 e. The van der Waals surface area contributed by atoms with Crippen LogP contribution in [-0.4, -0.2) is 22.5 Å². The van der Waals surface area contributed by atoms with E-state index in [1.165, 1.54) is 10.4 Å². The summed E-state index contributed by atoms with van der Waals surface area (Å²) in [6, 6.07) is 3.81. The van der Waals surface area contributed by atoms with Gasteiger partial charge in [0.1, 0.15) is 17.1 Å². The number of fused-ring (bicyclic) bond motifs is 1. The predicted octanol–water partition coefficient (Wildman–Crippen LogP) is 2.91. The van der Waals surface area contributed by atoms with Gasteiger partial charge in [-0.05, 0) is 36.4 Å². The van der Waals surface area contributed by atoms with Crippen LogP contribution in [0, 0.1) is 6.92 Å². The van der Waals surface area contributed by atoms with Crippen molar-refractivity contribution in [2.24, 2.45) is 0 Å². The first kappa shape index (κ1) is 12.4. The molecule has 0 fully saturated rings. The van der Waals surface area contributed by atoms with E-state index in [1.54, 1.807) is 13.0 Å². The number of rotatable bonds is 3. The molecule has 2 aromatic heterocycles. The fourth-order valence-electron chi connectivity index (χ4n) is 2.50. The van der Waals surface area contributed by atoms with E-state index >= 15 is 0 Å². The number of carboxylic acids is 1. The molecule has 0 saturated heterocycles. The molecule has 0 saturated carbocycles. The van der Waals surface area contributed by atoms with Crippen LogP contribution in [0.1, 0.15) is 32.3 Å². The average molecular weight is 277 g/mol. The molecule has 0 aliphatic carbocycles. The zero-order chi connectivity index (χ0) is 13.4. The molecule has 0 spiro atoms. The molecule has 4 nitrogen and oxygen atoms in total. The number of aryl methyl sites for hydroxylation is 1. The Morgan fingerprint density at radius 1 is 1.58 bits per heavy atom. The van der Waals surface area contributed by atoms with Gasteiger partial charge in [-0.2, -0.15) is 0 Å². The van der Waals surface area contributed by atoms with Crippen LogP contribution >= 0.6 is 11.3 Å². The lowest BCUT2D eigenvalue weighted by Gasteiger charge is -2.25. The summed E-state index contributed by atoms with van der Waals surface area (Å²) in [7, 11) is 0. The Morgan fingerprint density at radius 3 is 3.16 bits per heavy atom. The van der Waals surface area contributed by atoms with Crippen molar-refractivity contribution in [1.82, 2.24) is 4.90 Å².